The van der Waals surface area contributed by atoms with Crippen molar-refractivity contribution in [1.29, 1.82) is 0 Å². The molecule has 1 aromatic heterocycles. The summed E-state index contributed by atoms with van der Waals surface area (Å²) in [5, 5.41) is 4.54. The van der Waals surface area contributed by atoms with E-state index in [2.05, 4.69) is 60.4 Å². The molecule has 0 aliphatic rings. The fourth-order valence-electron chi connectivity index (χ4n) is 2.29. The molecule has 0 saturated carbocycles. The van der Waals surface area contributed by atoms with Gasteiger partial charge in [0.05, 0.1) is 5.01 Å². The van der Waals surface area contributed by atoms with Gasteiger partial charge in [-0.3, -0.25) is 4.99 Å². The lowest BCUT2D eigenvalue weighted by Gasteiger charge is -2.22. The molecule has 1 heterocycles. The molecule has 0 aliphatic carbocycles. The van der Waals surface area contributed by atoms with Crippen molar-refractivity contribution in [2.45, 2.75) is 33.2 Å². The maximum atomic E-state index is 4.74. The molecule has 0 fully saturated rings. The van der Waals surface area contributed by atoms with Crippen LogP contribution in [0.2, 0.25) is 0 Å². The highest BCUT2D eigenvalue weighted by Gasteiger charge is 2.06. The van der Waals surface area contributed by atoms with E-state index < -0.39 is 0 Å². The third-order valence-corrected chi connectivity index (χ3v) is 4.70. The molecule has 0 unspecified atom stereocenters. The first-order chi connectivity index (χ1) is 11.2. The molecule has 0 atom stereocenters. The number of aryl methyl sites for hydroxylation is 1. The Morgan fingerprint density at radius 3 is 2.62 bits per heavy atom. The number of thiazole rings is 1. The van der Waals surface area contributed by atoms with Gasteiger partial charge < -0.3 is 10.2 Å². The number of nitrogens with one attached hydrogen (secondary N) is 1. The lowest BCUT2D eigenvalue weighted by Crippen LogP contribution is -2.38. The van der Waals surface area contributed by atoms with Gasteiger partial charge in [0, 0.05) is 44.2 Å². The van der Waals surface area contributed by atoms with Crippen LogP contribution in [0.1, 0.15) is 29.3 Å². The summed E-state index contributed by atoms with van der Waals surface area (Å²) in [6.45, 7) is 6.74. The number of aliphatic imine (C=N–C) groups is 1. The average Bonchev–Trinajstić information content (AvgIpc) is 3.03. The van der Waals surface area contributed by atoms with Crippen molar-refractivity contribution in [3.05, 3.63) is 52.0 Å². The van der Waals surface area contributed by atoms with Gasteiger partial charge in [-0.1, -0.05) is 37.3 Å². The SMILES string of the molecule is CCNC(=NCCc1ncc(CC)s1)N(C)Cc1ccccc1.I. The van der Waals surface area contributed by atoms with E-state index in [-0.39, 0.29) is 24.0 Å². The molecule has 0 amide bonds. The number of nitrogens with zero attached hydrogens (tertiary/aromatic N) is 3. The molecular formula is C18H27IN4S. The predicted octanol–water partition coefficient (Wildman–Crippen LogP) is 3.96. The van der Waals surface area contributed by atoms with E-state index in [0.29, 0.717) is 0 Å². The van der Waals surface area contributed by atoms with Gasteiger partial charge in [0.1, 0.15) is 0 Å². The fourth-order valence-corrected chi connectivity index (χ4v) is 3.14. The Kier molecular flexibility index (Phi) is 9.94. The molecular weight excluding hydrogens is 431 g/mol. The molecule has 4 nitrogen and oxygen atoms in total. The number of rotatable bonds is 7. The van der Waals surface area contributed by atoms with Gasteiger partial charge in [-0.05, 0) is 18.9 Å². The zero-order valence-corrected chi connectivity index (χ0v) is 17.8. The molecule has 0 spiro atoms. The molecule has 2 rings (SSSR count). The van der Waals surface area contributed by atoms with Gasteiger partial charge in [0.2, 0.25) is 0 Å². The van der Waals surface area contributed by atoms with Crippen molar-refractivity contribution < 1.29 is 0 Å². The summed E-state index contributed by atoms with van der Waals surface area (Å²) in [7, 11) is 2.08. The Labute approximate surface area is 166 Å². The molecule has 0 aliphatic heterocycles. The third-order valence-electron chi connectivity index (χ3n) is 3.50. The van der Waals surface area contributed by atoms with Crippen LogP contribution in [-0.4, -0.2) is 36.0 Å². The quantitative estimate of drug-likeness (QED) is 0.388. The van der Waals surface area contributed by atoms with Crippen LogP contribution in [0.3, 0.4) is 0 Å². The molecule has 2 aromatic rings. The van der Waals surface area contributed by atoms with Gasteiger partial charge >= 0.3 is 0 Å². The Hall–Kier alpha value is -1.15. The van der Waals surface area contributed by atoms with Gasteiger partial charge in [-0.2, -0.15) is 0 Å². The smallest absolute Gasteiger partial charge is 0.193 e. The fraction of sp³-hybridized carbons (Fsp3) is 0.444. The van der Waals surface area contributed by atoms with E-state index in [0.717, 1.165) is 38.4 Å². The van der Waals surface area contributed by atoms with Crippen molar-refractivity contribution in [2.75, 3.05) is 20.1 Å². The van der Waals surface area contributed by atoms with Gasteiger partial charge in [-0.15, -0.1) is 35.3 Å². The summed E-state index contributed by atoms with van der Waals surface area (Å²) in [4.78, 5) is 12.7. The van der Waals surface area contributed by atoms with Crippen molar-refractivity contribution in [3.63, 3.8) is 0 Å². The van der Waals surface area contributed by atoms with Crippen molar-refractivity contribution in [1.82, 2.24) is 15.2 Å². The normalized spacial score (nSPS) is 11.0. The number of benzene rings is 1. The van der Waals surface area contributed by atoms with Crippen LogP contribution in [0.4, 0.5) is 0 Å². The first-order valence-electron chi connectivity index (χ1n) is 8.19. The van der Waals surface area contributed by atoms with E-state index in [4.69, 9.17) is 4.99 Å². The highest BCUT2D eigenvalue weighted by atomic mass is 127. The van der Waals surface area contributed by atoms with Crippen LogP contribution in [0.25, 0.3) is 0 Å². The summed E-state index contributed by atoms with van der Waals surface area (Å²) in [6.07, 6.45) is 3.94. The van der Waals surface area contributed by atoms with E-state index in [1.54, 1.807) is 11.3 Å². The molecule has 0 bridgehead atoms. The number of guanidine groups is 1. The first-order valence-corrected chi connectivity index (χ1v) is 9.01. The summed E-state index contributed by atoms with van der Waals surface area (Å²) in [5.74, 6) is 0.948. The summed E-state index contributed by atoms with van der Waals surface area (Å²) >= 11 is 1.79. The Morgan fingerprint density at radius 2 is 2.00 bits per heavy atom. The lowest BCUT2D eigenvalue weighted by atomic mass is 10.2. The van der Waals surface area contributed by atoms with Crippen molar-refractivity contribution in [2.24, 2.45) is 4.99 Å². The van der Waals surface area contributed by atoms with Crippen molar-refractivity contribution in [3.8, 4) is 0 Å². The van der Waals surface area contributed by atoms with E-state index in [9.17, 15) is 0 Å². The Morgan fingerprint density at radius 1 is 1.25 bits per heavy atom. The monoisotopic (exact) mass is 458 g/mol. The second-order valence-electron chi connectivity index (χ2n) is 5.40. The van der Waals surface area contributed by atoms with Crippen LogP contribution >= 0.6 is 35.3 Å². The number of halogens is 1. The second kappa shape index (κ2) is 11.4. The molecule has 6 heteroatoms. The summed E-state index contributed by atoms with van der Waals surface area (Å²) in [6, 6.07) is 10.5. The maximum absolute atomic E-state index is 4.74. The highest BCUT2D eigenvalue weighted by molar-refractivity contribution is 14.0. The molecule has 1 aromatic carbocycles. The Balaban J connectivity index is 0.00000288. The molecule has 132 valence electrons. The minimum Gasteiger partial charge on any atom is -0.357 e. The van der Waals surface area contributed by atoms with E-state index in [1.807, 2.05) is 12.3 Å². The topological polar surface area (TPSA) is 40.5 Å². The minimum atomic E-state index is 0. The molecule has 0 radical (unpaired) electrons. The van der Waals surface area contributed by atoms with Crippen LogP contribution in [0.5, 0.6) is 0 Å². The Bertz CT molecular complexity index is 612. The van der Waals surface area contributed by atoms with E-state index in [1.165, 1.54) is 15.4 Å². The second-order valence-corrected chi connectivity index (χ2v) is 6.60. The first kappa shape index (κ1) is 20.9. The summed E-state index contributed by atoms with van der Waals surface area (Å²) < 4.78 is 0. The van der Waals surface area contributed by atoms with Gasteiger partial charge in [0.15, 0.2) is 5.96 Å². The minimum absolute atomic E-state index is 0. The van der Waals surface area contributed by atoms with Crippen LogP contribution in [-0.2, 0) is 19.4 Å². The number of hydrogen-bond donors (Lipinski definition) is 1. The van der Waals surface area contributed by atoms with Crippen LogP contribution < -0.4 is 5.32 Å². The maximum Gasteiger partial charge on any atom is 0.193 e. The number of aromatic nitrogens is 1. The number of hydrogen-bond acceptors (Lipinski definition) is 3. The van der Waals surface area contributed by atoms with Gasteiger partial charge in [0.25, 0.3) is 0 Å². The zero-order valence-electron chi connectivity index (χ0n) is 14.7. The average molecular weight is 458 g/mol. The largest absolute Gasteiger partial charge is 0.357 e. The molecule has 1 N–H and O–H groups in total. The highest BCUT2D eigenvalue weighted by Crippen LogP contribution is 2.13. The molecule has 0 saturated heterocycles. The third kappa shape index (κ3) is 6.76. The zero-order chi connectivity index (χ0) is 16.5. The van der Waals surface area contributed by atoms with Gasteiger partial charge in [-0.25, -0.2) is 4.98 Å². The predicted molar refractivity (Wildman–Crippen MR) is 114 cm³/mol. The lowest BCUT2D eigenvalue weighted by molar-refractivity contribution is 0.477. The van der Waals surface area contributed by atoms with E-state index >= 15 is 0 Å². The van der Waals surface area contributed by atoms with Crippen molar-refractivity contribution >= 4 is 41.3 Å². The molecule has 24 heavy (non-hydrogen) atoms. The van der Waals surface area contributed by atoms with Crippen LogP contribution in [0.15, 0.2) is 41.5 Å². The van der Waals surface area contributed by atoms with Crippen LogP contribution in [0, 0.1) is 0 Å². The standard InChI is InChI=1S/C18H26N4S.HI/c1-4-16-13-21-17(23-16)11-12-20-18(19-5-2)22(3)14-15-9-7-6-8-10-15;/h6-10,13H,4-5,11-12,14H2,1-3H3,(H,19,20);1H. The summed E-state index contributed by atoms with van der Waals surface area (Å²) in [5.41, 5.74) is 1.29.